The van der Waals surface area contributed by atoms with Gasteiger partial charge in [-0.1, -0.05) is 80.0 Å². The van der Waals surface area contributed by atoms with E-state index in [4.69, 9.17) is 21.4 Å². The molecule has 0 saturated carbocycles. The second kappa shape index (κ2) is 10.6. The van der Waals surface area contributed by atoms with E-state index in [0.717, 1.165) is 22.5 Å². The molecule has 174 valence electrons. The quantitative estimate of drug-likeness (QED) is 0.282. The molecule has 0 aliphatic heterocycles. The number of carbonyl (C=O) groups is 1. The van der Waals surface area contributed by atoms with E-state index in [0.29, 0.717) is 29.7 Å². The van der Waals surface area contributed by atoms with E-state index < -0.39 is 0 Å². The summed E-state index contributed by atoms with van der Waals surface area (Å²) >= 11 is 6.27. The summed E-state index contributed by atoms with van der Waals surface area (Å²) in [6.07, 6.45) is 0. The predicted molar refractivity (Wildman–Crippen MR) is 135 cm³/mol. The van der Waals surface area contributed by atoms with Gasteiger partial charge in [-0.25, -0.2) is 4.68 Å². The maximum absolute atomic E-state index is 13.2. The number of ether oxygens (including phenoxy) is 1. The molecule has 1 heterocycles. The first-order valence-corrected chi connectivity index (χ1v) is 11.7. The fourth-order valence-electron chi connectivity index (χ4n) is 3.78. The number of hydrogen-bond donors (Lipinski definition) is 0. The van der Waals surface area contributed by atoms with Crippen LogP contribution in [0.2, 0.25) is 5.02 Å². The molecule has 6 heteroatoms. The molecule has 1 amide bonds. The van der Waals surface area contributed by atoms with Gasteiger partial charge in [0.1, 0.15) is 5.75 Å². The third kappa shape index (κ3) is 5.49. The Bertz CT molecular complexity index is 1250. The number of halogens is 1. The van der Waals surface area contributed by atoms with Crippen molar-refractivity contribution in [1.29, 1.82) is 0 Å². The average Bonchev–Trinajstić information content (AvgIpc) is 3.14. The Morgan fingerprint density at radius 1 is 0.971 bits per heavy atom. The Hall–Kier alpha value is -3.57. The highest BCUT2D eigenvalue weighted by atomic mass is 35.5. The van der Waals surface area contributed by atoms with Crippen molar-refractivity contribution in [2.45, 2.75) is 33.9 Å². The number of benzene rings is 3. The van der Waals surface area contributed by atoms with Crippen LogP contribution < -0.4 is 4.74 Å². The van der Waals surface area contributed by atoms with Crippen molar-refractivity contribution in [3.63, 3.8) is 0 Å². The fourth-order valence-corrected chi connectivity index (χ4v) is 3.96. The van der Waals surface area contributed by atoms with E-state index in [1.807, 2.05) is 111 Å². The van der Waals surface area contributed by atoms with Gasteiger partial charge in [0.25, 0.3) is 0 Å². The number of nitrogens with zero attached hydrogens (tertiary/aromatic N) is 3. The number of rotatable bonds is 8. The highest BCUT2D eigenvalue weighted by Crippen LogP contribution is 2.32. The molecule has 0 bridgehead atoms. The van der Waals surface area contributed by atoms with Crippen molar-refractivity contribution in [2.75, 3.05) is 0 Å². The van der Waals surface area contributed by atoms with Crippen LogP contribution in [-0.2, 0) is 17.9 Å². The minimum atomic E-state index is -0.134. The summed E-state index contributed by atoms with van der Waals surface area (Å²) in [5.74, 6) is 1.20. The predicted octanol–water partition coefficient (Wildman–Crippen LogP) is 6.81. The van der Waals surface area contributed by atoms with Gasteiger partial charge in [-0.05, 0) is 42.8 Å². The van der Waals surface area contributed by atoms with Gasteiger partial charge in [-0.2, -0.15) is 5.10 Å². The van der Waals surface area contributed by atoms with E-state index in [1.54, 1.807) is 4.68 Å². The molecule has 4 aromatic rings. The van der Waals surface area contributed by atoms with Crippen molar-refractivity contribution >= 4 is 17.5 Å². The first-order valence-electron chi connectivity index (χ1n) is 11.3. The Balaban J connectivity index is 1.77. The summed E-state index contributed by atoms with van der Waals surface area (Å²) in [7, 11) is 0. The summed E-state index contributed by atoms with van der Waals surface area (Å²) < 4.78 is 8.12. The highest BCUT2D eigenvalue weighted by Gasteiger charge is 2.25. The Morgan fingerprint density at radius 2 is 1.65 bits per heavy atom. The zero-order chi connectivity index (χ0) is 24.1. The summed E-state index contributed by atoms with van der Waals surface area (Å²) in [5.41, 5.74) is 3.51. The van der Waals surface area contributed by atoms with E-state index in [1.165, 1.54) is 0 Å². The van der Waals surface area contributed by atoms with Crippen LogP contribution in [0.4, 0.5) is 0 Å². The molecule has 0 radical (unpaired) electrons. The second-order valence-corrected chi connectivity index (χ2v) is 8.95. The summed E-state index contributed by atoms with van der Waals surface area (Å²) in [6.45, 7) is 6.66. The summed E-state index contributed by atoms with van der Waals surface area (Å²) in [5, 5.41) is 5.39. The zero-order valence-corrected chi connectivity index (χ0v) is 20.4. The van der Waals surface area contributed by atoms with E-state index in [-0.39, 0.29) is 11.8 Å². The molecule has 5 nitrogen and oxygen atoms in total. The Morgan fingerprint density at radius 3 is 2.29 bits per heavy atom. The molecular formula is C28H28ClN3O2. The lowest BCUT2D eigenvalue weighted by Crippen LogP contribution is -2.33. The molecule has 0 aliphatic rings. The molecule has 0 aliphatic carbocycles. The molecular weight excluding hydrogens is 446 g/mol. The topological polar surface area (TPSA) is 47.4 Å². The number of aryl methyl sites for hydroxylation is 1. The lowest BCUT2D eigenvalue weighted by atomic mass is 10.1. The van der Waals surface area contributed by atoms with Crippen molar-refractivity contribution < 1.29 is 9.53 Å². The number of hydrogen-bond acceptors (Lipinski definition) is 3. The van der Waals surface area contributed by atoms with Gasteiger partial charge in [0.15, 0.2) is 0 Å². The second-order valence-electron chi connectivity index (χ2n) is 8.51. The summed E-state index contributed by atoms with van der Waals surface area (Å²) in [4.78, 5) is 15.1. The molecule has 0 atom stereocenters. The lowest BCUT2D eigenvalue weighted by molar-refractivity contribution is -0.135. The van der Waals surface area contributed by atoms with Gasteiger partial charge in [0, 0.05) is 17.5 Å². The van der Waals surface area contributed by atoms with Crippen LogP contribution in [0, 0.1) is 12.8 Å². The van der Waals surface area contributed by atoms with Gasteiger partial charge >= 0.3 is 0 Å². The normalized spacial score (nSPS) is 11.0. The van der Waals surface area contributed by atoms with E-state index in [9.17, 15) is 4.79 Å². The van der Waals surface area contributed by atoms with Crippen molar-refractivity contribution in [2.24, 2.45) is 5.92 Å². The van der Waals surface area contributed by atoms with Gasteiger partial charge in [0.05, 0.1) is 23.5 Å². The molecule has 1 aromatic heterocycles. The van der Waals surface area contributed by atoms with Crippen LogP contribution in [0.5, 0.6) is 11.6 Å². The number of aromatic nitrogens is 2. The fraction of sp³-hybridized carbons (Fsp3) is 0.214. The monoisotopic (exact) mass is 473 g/mol. The van der Waals surface area contributed by atoms with Crippen LogP contribution in [-0.4, -0.2) is 20.6 Å². The smallest absolute Gasteiger partial charge is 0.227 e. The van der Waals surface area contributed by atoms with Gasteiger partial charge in [0.2, 0.25) is 11.8 Å². The van der Waals surface area contributed by atoms with Crippen molar-refractivity contribution in [1.82, 2.24) is 14.7 Å². The molecule has 4 rings (SSSR count). The minimum Gasteiger partial charge on any atom is -0.439 e. The largest absolute Gasteiger partial charge is 0.439 e. The first-order chi connectivity index (χ1) is 16.4. The third-order valence-corrected chi connectivity index (χ3v) is 5.75. The standard InChI is InChI=1S/C28H28ClN3O2/c1-20(2)27(33)31(18-22-11-6-4-7-12-22)19-26-21(3)30-32(24-14-10-13-23(29)17-24)28(26)34-25-15-8-5-9-16-25/h4-17,20H,18-19H2,1-3H3. The highest BCUT2D eigenvalue weighted by molar-refractivity contribution is 6.30. The molecule has 34 heavy (non-hydrogen) atoms. The Kier molecular flexibility index (Phi) is 7.33. The number of amides is 1. The minimum absolute atomic E-state index is 0.0735. The SMILES string of the molecule is Cc1nn(-c2cccc(Cl)c2)c(Oc2ccccc2)c1CN(Cc1ccccc1)C(=O)C(C)C. The number of para-hydroxylation sites is 1. The van der Waals surface area contributed by atoms with Crippen molar-refractivity contribution in [3.8, 4) is 17.3 Å². The molecule has 0 unspecified atom stereocenters. The van der Waals surface area contributed by atoms with Crippen LogP contribution in [0.15, 0.2) is 84.9 Å². The van der Waals surface area contributed by atoms with Gasteiger partial charge in [-0.3, -0.25) is 4.79 Å². The maximum atomic E-state index is 13.2. The molecule has 0 spiro atoms. The van der Waals surface area contributed by atoms with E-state index in [2.05, 4.69) is 0 Å². The first kappa shape index (κ1) is 23.6. The molecule has 0 N–H and O–H groups in total. The maximum Gasteiger partial charge on any atom is 0.227 e. The zero-order valence-electron chi connectivity index (χ0n) is 19.6. The van der Waals surface area contributed by atoms with Crippen LogP contribution in [0.25, 0.3) is 5.69 Å². The summed E-state index contributed by atoms with van der Waals surface area (Å²) in [6, 6.07) is 27.1. The van der Waals surface area contributed by atoms with Gasteiger partial charge < -0.3 is 9.64 Å². The van der Waals surface area contributed by atoms with Crippen molar-refractivity contribution in [3.05, 3.63) is 107 Å². The third-order valence-electron chi connectivity index (χ3n) is 5.52. The molecule has 0 saturated heterocycles. The van der Waals surface area contributed by atoms with Crippen LogP contribution in [0.1, 0.15) is 30.7 Å². The average molecular weight is 474 g/mol. The van der Waals surface area contributed by atoms with Crippen LogP contribution in [0.3, 0.4) is 0 Å². The van der Waals surface area contributed by atoms with Gasteiger partial charge in [-0.15, -0.1) is 0 Å². The molecule has 0 fully saturated rings. The van der Waals surface area contributed by atoms with E-state index >= 15 is 0 Å². The Labute approximate surface area is 205 Å². The molecule has 3 aromatic carbocycles. The van der Waals surface area contributed by atoms with Crippen LogP contribution >= 0.6 is 11.6 Å². The number of carbonyl (C=O) groups excluding carboxylic acids is 1. The lowest BCUT2D eigenvalue weighted by Gasteiger charge is -2.25.